The van der Waals surface area contributed by atoms with E-state index in [4.69, 9.17) is 4.74 Å². The van der Waals surface area contributed by atoms with Crippen LogP contribution in [0.15, 0.2) is 35.3 Å². The van der Waals surface area contributed by atoms with Gasteiger partial charge in [0.25, 0.3) is 0 Å². The summed E-state index contributed by atoms with van der Waals surface area (Å²) in [7, 11) is 1.87. The lowest BCUT2D eigenvalue weighted by Gasteiger charge is -2.39. The second kappa shape index (κ2) is 10.5. The highest BCUT2D eigenvalue weighted by Crippen LogP contribution is 2.33. The van der Waals surface area contributed by atoms with E-state index in [1.165, 1.54) is 5.56 Å². The van der Waals surface area contributed by atoms with Crippen molar-refractivity contribution in [1.29, 1.82) is 0 Å². The zero-order valence-electron chi connectivity index (χ0n) is 17.6. The number of hydrogen-bond donors (Lipinski definition) is 2. The fourth-order valence-corrected chi connectivity index (χ4v) is 5.03. The lowest BCUT2D eigenvalue weighted by Crippen LogP contribution is -2.53. The second-order valence-corrected chi connectivity index (χ2v) is 9.37. The third kappa shape index (κ3) is 5.88. The molecule has 0 aliphatic carbocycles. The Morgan fingerprint density at radius 2 is 2.04 bits per heavy atom. The number of piperidine rings is 1. The maximum Gasteiger partial charge on any atom is 0.191 e. The number of likely N-dealkylation sites (tertiary alicyclic amines) is 1. The van der Waals surface area contributed by atoms with E-state index in [0.29, 0.717) is 12.1 Å². The quantitative estimate of drug-likeness (QED) is 0.564. The molecule has 5 nitrogen and oxygen atoms in total. The van der Waals surface area contributed by atoms with Crippen molar-refractivity contribution >= 4 is 17.7 Å². The van der Waals surface area contributed by atoms with E-state index in [0.717, 1.165) is 64.5 Å². The van der Waals surface area contributed by atoms with Crippen molar-refractivity contribution in [3.8, 4) is 0 Å². The molecule has 0 bridgehead atoms. The number of rotatable bonds is 6. The predicted molar refractivity (Wildman–Crippen MR) is 120 cm³/mol. The van der Waals surface area contributed by atoms with Crippen LogP contribution in [0.5, 0.6) is 0 Å². The highest BCUT2D eigenvalue weighted by molar-refractivity contribution is 8.00. The lowest BCUT2D eigenvalue weighted by atomic mass is 9.97. The summed E-state index contributed by atoms with van der Waals surface area (Å²) in [4.78, 5) is 7.08. The van der Waals surface area contributed by atoms with Gasteiger partial charge in [-0.2, -0.15) is 11.8 Å². The largest absolute Gasteiger partial charge is 0.381 e. The Bertz CT molecular complexity index is 618. The lowest BCUT2D eigenvalue weighted by molar-refractivity contribution is 0.0782. The molecule has 28 heavy (non-hydrogen) atoms. The molecule has 2 unspecified atom stereocenters. The van der Waals surface area contributed by atoms with Crippen LogP contribution in [0, 0.1) is 0 Å². The molecule has 0 saturated carbocycles. The summed E-state index contributed by atoms with van der Waals surface area (Å²) in [5.41, 5.74) is 1.40. The van der Waals surface area contributed by atoms with E-state index in [1.807, 2.05) is 18.8 Å². The third-order valence-electron chi connectivity index (χ3n) is 6.22. The monoisotopic (exact) mass is 404 g/mol. The zero-order valence-corrected chi connectivity index (χ0v) is 18.4. The van der Waals surface area contributed by atoms with Crippen molar-refractivity contribution in [2.45, 2.75) is 56.0 Å². The van der Waals surface area contributed by atoms with Crippen LogP contribution >= 0.6 is 11.8 Å². The Labute approximate surface area is 174 Å². The molecule has 0 aromatic heterocycles. The van der Waals surface area contributed by atoms with Crippen molar-refractivity contribution < 1.29 is 4.74 Å². The van der Waals surface area contributed by atoms with Gasteiger partial charge in [-0.15, -0.1) is 0 Å². The summed E-state index contributed by atoms with van der Waals surface area (Å²) < 4.78 is 5.82. The molecule has 6 heteroatoms. The molecular weight excluding hydrogens is 368 g/mol. The van der Waals surface area contributed by atoms with Crippen LogP contribution in [-0.4, -0.2) is 67.3 Å². The number of aliphatic imine (C=N–C) groups is 1. The minimum absolute atomic E-state index is 0.266. The molecule has 0 radical (unpaired) electrons. The van der Waals surface area contributed by atoms with Crippen molar-refractivity contribution in [2.24, 2.45) is 4.99 Å². The van der Waals surface area contributed by atoms with Gasteiger partial charge in [-0.05, 0) is 44.4 Å². The molecule has 3 rings (SSSR count). The Morgan fingerprint density at radius 1 is 1.29 bits per heavy atom. The van der Waals surface area contributed by atoms with E-state index in [2.05, 4.69) is 64.0 Å². The van der Waals surface area contributed by atoms with Crippen LogP contribution in [0.4, 0.5) is 0 Å². The molecule has 2 saturated heterocycles. The van der Waals surface area contributed by atoms with E-state index in [9.17, 15) is 0 Å². The summed E-state index contributed by atoms with van der Waals surface area (Å²) in [6, 6.07) is 11.8. The minimum atomic E-state index is 0.266. The van der Waals surface area contributed by atoms with Crippen LogP contribution in [0.25, 0.3) is 0 Å². The van der Waals surface area contributed by atoms with E-state index in [1.54, 1.807) is 0 Å². The fourth-order valence-electron chi connectivity index (χ4n) is 4.23. The summed E-state index contributed by atoms with van der Waals surface area (Å²) in [6.45, 7) is 7.19. The smallest absolute Gasteiger partial charge is 0.191 e. The average molecular weight is 405 g/mol. The Morgan fingerprint density at radius 3 is 2.68 bits per heavy atom. The molecule has 2 aliphatic heterocycles. The molecular formula is C22H36N4OS. The first-order valence-electron chi connectivity index (χ1n) is 10.5. The molecule has 0 spiro atoms. The number of nitrogens with one attached hydrogen (secondary N) is 2. The van der Waals surface area contributed by atoms with Gasteiger partial charge in [-0.3, -0.25) is 9.89 Å². The van der Waals surface area contributed by atoms with Gasteiger partial charge in [0, 0.05) is 56.7 Å². The van der Waals surface area contributed by atoms with Crippen molar-refractivity contribution in [2.75, 3.05) is 39.6 Å². The number of hydrogen-bond acceptors (Lipinski definition) is 4. The summed E-state index contributed by atoms with van der Waals surface area (Å²) in [5.74, 6) is 0.939. The van der Waals surface area contributed by atoms with Crippen LogP contribution in [-0.2, 0) is 11.3 Å². The topological polar surface area (TPSA) is 48.9 Å². The predicted octanol–water partition coefficient (Wildman–Crippen LogP) is 3.12. The highest BCUT2D eigenvalue weighted by Gasteiger charge is 2.32. The van der Waals surface area contributed by atoms with Gasteiger partial charge in [-0.25, -0.2) is 0 Å². The van der Waals surface area contributed by atoms with Crippen LogP contribution in [0.3, 0.4) is 0 Å². The summed E-state index contributed by atoms with van der Waals surface area (Å²) in [5, 5.41) is 7.27. The van der Waals surface area contributed by atoms with Gasteiger partial charge >= 0.3 is 0 Å². The molecule has 1 aromatic carbocycles. The molecule has 1 aromatic rings. The molecule has 0 amide bonds. The highest BCUT2D eigenvalue weighted by atomic mass is 32.2. The summed E-state index contributed by atoms with van der Waals surface area (Å²) >= 11 is 1.96. The fraction of sp³-hybridized carbons (Fsp3) is 0.682. The zero-order chi connectivity index (χ0) is 19.8. The number of benzene rings is 1. The molecule has 2 N–H and O–H groups in total. The normalized spacial score (nSPS) is 26.0. The number of thioether (sulfide) groups is 1. The second-order valence-electron chi connectivity index (χ2n) is 8.10. The van der Waals surface area contributed by atoms with Crippen molar-refractivity contribution in [3.63, 3.8) is 0 Å². The van der Waals surface area contributed by atoms with E-state index >= 15 is 0 Å². The van der Waals surface area contributed by atoms with Crippen LogP contribution in [0.1, 0.15) is 38.2 Å². The minimum Gasteiger partial charge on any atom is -0.381 e. The first-order chi connectivity index (χ1) is 13.6. The van der Waals surface area contributed by atoms with Crippen LogP contribution in [0.2, 0.25) is 0 Å². The van der Waals surface area contributed by atoms with Crippen molar-refractivity contribution in [1.82, 2.24) is 15.5 Å². The first-order valence-corrected chi connectivity index (χ1v) is 11.7. The Hall–Kier alpha value is -1.24. The molecule has 2 aliphatic rings. The van der Waals surface area contributed by atoms with Crippen molar-refractivity contribution in [3.05, 3.63) is 35.9 Å². The summed E-state index contributed by atoms with van der Waals surface area (Å²) in [6.07, 6.45) is 6.72. The third-order valence-corrected chi connectivity index (χ3v) is 7.64. The van der Waals surface area contributed by atoms with Crippen LogP contribution < -0.4 is 10.6 Å². The maximum atomic E-state index is 5.55. The number of ether oxygens (including phenoxy) is 1. The van der Waals surface area contributed by atoms with E-state index in [-0.39, 0.29) is 4.75 Å². The molecule has 2 atom stereocenters. The molecule has 2 fully saturated rings. The van der Waals surface area contributed by atoms with Gasteiger partial charge in [0.2, 0.25) is 0 Å². The van der Waals surface area contributed by atoms with Gasteiger partial charge < -0.3 is 15.4 Å². The maximum absolute atomic E-state index is 5.55. The number of nitrogens with zero attached hydrogens (tertiary/aromatic N) is 2. The Balaban J connectivity index is 1.46. The standard InChI is InChI=1S/C22H36N4OS/c1-18-15-20(9-12-26(18)16-19-7-5-4-6-8-19)25-21(23-2)24-17-22(28-3)10-13-27-14-11-22/h4-8,18,20H,9-17H2,1-3H3,(H2,23,24,25). The van der Waals surface area contributed by atoms with Gasteiger partial charge in [0.15, 0.2) is 5.96 Å². The van der Waals surface area contributed by atoms with Gasteiger partial charge in [-0.1, -0.05) is 30.3 Å². The SMILES string of the molecule is CN=C(NCC1(SC)CCOCC1)NC1CCN(Cc2ccccc2)C(C)C1. The molecule has 156 valence electrons. The average Bonchev–Trinajstić information content (AvgIpc) is 2.74. The Kier molecular flexibility index (Phi) is 8.06. The first kappa shape index (κ1) is 21.5. The van der Waals surface area contributed by atoms with Gasteiger partial charge in [0.05, 0.1) is 0 Å². The number of guanidine groups is 1. The van der Waals surface area contributed by atoms with Gasteiger partial charge in [0.1, 0.15) is 0 Å². The van der Waals surface area contributed by atoms with E-state index < -0.39 is 0 Å². The molecule has 2 heterocycles.